The highest BCUT2D eigenvalue weighted by atomic mass is 15.2. The van der Waals surface area contributed by atoms with Gasteiger partial charge in [0, 0.05) is 30.8 Å². The van der Waals surface area contributed by atoms with Crippen molar-refractivity contribution in [3.63, 3.8) is 0 Å². The Labute approximate surface area is 161 Å². The molecular weight excluding hydrogens is 334 g/mol. The smallest absolute Gasteiger partial charge is 0.225 e. The number of likely N-dealkylation sites (N-methyl/N-ethyl adjacent to an activating group) is 1. The number of aromatic nitrogens is 2. The van der Waals surface area contributed by atoms with Crippen molar-refractivity contribution in [2.75, 3.05) is 37.8 Å². The molecule has 1 unspecified atom stereocenters. The zero-order valence-electron chi connectivity index (χ0n) is 16.2. The Morgan fingerprint density at radius 3 is 2.26 bits per heavy atom. The van der Waals surface area contributed by atoms with Gasteiger partial charge in [-0.05, 0) is 26.6 Å². The number of rotatable bonds is 8. The van der Waals surface area contributed by atoms with Gasteiger partial charge in [0.2, 0.25) is 5.95 Å². The SMILES string of the molecule is CC(Nc1cc(-c2ccccc2)nc(NCCN(C)C)n1)c1ccccc1. The highest BCUT2D eigenvalue weighted by molar-refractivity contribution is 5.64. The van der Waals surface area contributed by atoms with Crippen LogP contribution in [-0.4, -0.2) is 42.1 Å². The van der Waals surface area contributed by atoms with E-state index >= 15 is 0 Å². The van der Waals surface area contributed by atoms with E-state index in [0.717, 1.165) is 30.2 Å². The molecular formula is C22H27N5. The maximum atomic E-state index is 4.70. The van der Waals surface area contributed by atoms with E-state index in [9.17, 15) is 0 Å². The summed E-state index contributed by atoms with van der Waals surface area (Å²) < 4.78 is 0. The molecule has 0 aliphatic carbocycles. The fourth-order valence-electron chi connectivity index (χ4n) is 2.80. The number of hydrogen-bond acceptors (Lipinski definition) is 5. The van der Waals surface area contributed by atoms with Gasteiger partial charge >= 0.3 is 0 Å². The van der Waals surface area contributed by atoms with E-state index in [1.165, 1.54) is 5.56 Å². The van der Waals surface area contributed by atoms with Crippen LogP contribution in [0.5, 0.6) is 0 Å². The molecule has 0 amide bonds. The number of anilines is 2. The topological polar surface area (TPSA) is 53.1 Å². The van der Waals surface area contributed by atoms with E-state index in [-0.39, 0.29) is 6.04 Å². The Hall–Kier alpha value is -2.92. The molecule has 5 heteroatoms. The summed E-state index contributed by atoms with van der Waals surface area (Å²) in [6, 6.07) is 22.7. The van der Waals surface area contributed by atoms with Crippen LogP contribution in [-0.2, 0) is 0 Å². The molecule has 140 valence electrons. The lowest BCUT2D eigenvalue weighted by Crippen LogP contribution is -2.21. The van der Waals surface area contributed by atoms with Gasteiger partial charge in [-0.25, -0.2) is 4.98 Å². The number of nitrogens with one attached hydrogen (secondary N) is 2. The minimum atomic E-state index is 0.152. The summed E-state index contributed by atoms with van der Waals surface area (Å²) in [5, 5.41) is 6.84. The van der Waals surface area contributed by atoms with Crippen molar-refractivity contribution >= 4 is 11.8 Å². The molecule has 0 fully saturated rings. The summed E-state index contributed by atoms with van der Waals surface area (Å²) in [6.07, 6.45) is 0. The fourth-order valence-corrected chi connectivity index (χ4v) is 2.80. The van der Waals surface area contributed by atoms with Crippen molar-refractivity contribution < 1.29 is 0 Å². The average molecular weight is 361 g/mol. The normalized spacial score (nSPS) is 12.0. The average Bonchev–Trinajstić information content (AvgIpc) is 2.69. The van der Waals surface area contributed by atoms with Crippen LogP contribution >= 0.6 is 0 Å². The highest BCUT2D eigenvalue weighted by Gasteiger charge is 2.10. The number of benzene rings is 2. The van der Waals surface area contributed by atoms with Gasteiger partial charge in [0.15, 0.2) is 0 Å². The van der Waals surface area contributed by atoms with Crippen molar-refractivity contribution in [2.24, 2.45) is 0 Å². The second-order valence-electron chi connectivity index (χ2n) is 6.83. The standard InChI is InChI=1S/C22H27N5/c1-17(18-10-6-4-7-11-18)24-21-16-20(19-12-8-5-9-13-19)25-22(26-21)23-14-15-27(2)3/h4-13,16-17H,14-15H2,1-3H3,(H2,23,24,25,26). The molecule has 0 saturated heterocycles. The van der Waals surface area contributed by atoms with Gasteiger partial charge in [-0.2, -0.15) is 4.98 Å². The van der Waals surface area contributed by atoms with Crippen LogP contribution in [0.3, 0.4) is 0 Å². The van der Waals surface area contributed by atoms with Crippen LogP contribution in [0.4, 0.5) is 11.8 Å². The van der Waals surface area contributed by atoms with Gasteiger partial charge in [-0.3, -0.25) is 0 Å². The number of hydrogen-bond donors (Lipinski definition) is 2. The lowest BCUT2D eigenvalue weighted by Gasteiger charge is -2.17. The van der Waals surface area contributed by atoms with Crippen LogP contribution in [0.15, 0.2) is 66.7 Å². The van der Waals surface area contributed by atoms with E-state index in [0.29, 0.717) is 5.95 Å². The Balaban J connectivity index is 1.85. The van der Waals surface area contributed by atoms with Crippen LogP contribution in [0.1, 0.15) is 18.5 Å². The van der Waals surface area contributed by atoms with Gasteiger partial charge < -0.3 is 15.5 Å². The summed E-state index contributed by atoms with van der Waals surface area (Å²) in [4.78, 5) is 11.5. The third kappa shape index (κ3) is 5.53. The fraction of sp³-hybridized carbons (Fsp3) is 0.273. The molecule has 1 heterocycles. The predicted octanol–water partition coefficient (Wildman–Crippen LogP) is 4.29. The molecule has 0 bridgehead atoms. The summed E-state index contributed by atoms with van der Waals surface area (Å²) in [7, 11) is 4.11. The predicted molar refractivity (Wildman–Crippen MR) is 113 cm³/mol. The molecule has 0 spiro atoms. The Morgan fingerprint density at radius 1 is 0.926 bits per heavy atom. The molecule has 1 aromatic heterocycles. The second-order valence-corrected chi connectivity index (χ2v) is 6.83. The molecule has 2 aromatic carbocycles. The first-order chi connectivity index (χ1) is 13.1. The van der Waals surface area contributed by atoms with Crippen molar-refractivity contribution in [3.8, 4) is 11.3 Å². The van der Waals surface area contributed by atoms with Gasteiger partial charge in [-0.15, -0.1) is 0 Å². The summed E-state index contributed by atoms with van der Waals surface area (Å²) in [6.45, 7) is 3.85. The zero-order chi connectivity index (χ0) is 19.1. The van der Waals surface area contributed by atoms with Crippen molar-refractivity contribution in [3.05, 3.63) is 72.3 Å². The second kappa shape index (κ2) is 9.14. The van der Waals surface area contributed by atoms with E-state index < -0.39 is 0 Å². The van der Waals surface area contributed by atoms with Gasteiger partial charge in [-0.1, -0.05) is 60.7 Å². The first-order valence-electron chi connectivity index (χ1n) is 9.26. The molecule has 3 rings (SSSR count). The Bertz CT molecular complexity index is 834. The van der Waals surface area contributed by atoms with Crippen LogP contribution in [0.2, 0.25) is 0 Å². The lowest BCUT2D eigenvalue weighted by molar-refractivity contribution is 0.425. The maximum absolute atomic E-state index is 4.70. The van der Waals surface area contributed by atoms with Gasteiger partial charge in [0.05, 0.1) is 5.69 Å². The van der Waals surface area contributed by atoms with Crippen molar-refractivity contribution in [2.45, 2.75) is 13.0 Å². The number of nitrogens with zero attached hydrogens (tertiary/aromatic N) is 3. The molecule has 5 nitrogen and oxygen atoms in total. The Morgan fingerprint density at radius 2 is 1.59 bits per heavy atom. The zero-order valence-corrected chi connectivity index (χ0v) is 16.2. The quantitative estimate of drug-likeness (QED) is 0.627. The highest BCUT2D eigenvalue weighted by Crippen LogP contribution is 2.24. The minimum absolute atomic E-state index is 0.152. The third-order valence-electron chi connectivity index (χ3n) is 4.30. The molecule has 27 heavy (non-hydrogen) atoms. The molecule has 0 radical (unpaired) electrons. The Kier molecular flexibility index (Phi) is 6.39. The van der Waals surface area contributed by atoms with Gasteiger partial charge in [0.1, 0.15) is 5.82 Å². The molecule has 0 saturated carbocycles. The maximum Gasteiger partial charge on any atom is 0.225 e. The molecule has 0 aliphatic heterocycles. The summed E-state index contributed by atoms with van der Waals surface area (Å²) in [5.41, 5.74) is 3.20. The van der Waals surface area contributed by atoms with E-state index in [1.54, 1.807) is 0 Å². The van der Waals surface area contributed by atoms with Crippen LogP contribution in [0.25, 0.3) is 11.3 Å². The van der Waals surface area contributed by atoms with Crippen LogP contribution < -0.4 is 10.6 Å². The summed E-state index contributed by atoms with van der Waals surface area (Å²) in [5.74, 6) is 1.45. The monoisotopic (exact) mass is 361 g/mol. The third-order valence-corrected chi connectivity index (χ3v) is 4.30. The van der Waals surface area contributed by atoms with Crippen molar-refractivity contribution in [1.29, 1.82) is 0 Å². The van der Waals surface area contributed by atoms with Gasteiger partial charge in [0.25, 0.3) is 0 Å². The van der Waals surface area contributed by atoms with Crippen LogP contribution in [0, 0.1) is 0 Å². The minimum Gasteiger partial charge on any atom is -0.363 e. The first-order valence-corrected chi connectivity index (χ1v) is 9.26. The molecule has 3 aromatic rings. The summed E-state index contributed by atoms with van der Waals surface area (Å²) >= 11 is 0. The van der Waals surface area contributed by atoms with E-state index in [1.807, 2.05) is 30.3 Å². The lowest BCUT2D eigenvalue weighted by atomic mass is 10.1. The molecule has 0 aliphatic rings. The van der Waals surface area contributed by atoms with Crippen molar-refractivity contribution in [1.82, 2.24) is 14.9 Å². The molecule has 2 N–H and O–H groups in total. The largest absolute Gasteiger partial charge is 0.363 e. The first kappa shape index (κ1) is 18.9. The van der Waals surface area contributed by atoms with E-state index in [4.69, 9.17) is 4.98 Å². The van der Waals surface area contributed by atoms with E-state index in [2.05, 4.69) is 77.9 Å². The molecule has 1 atom stereocenters.